The zero-order valence-electron chi connectivity index (χ0n) is 14.6. The molecule has 0 spiro atoms. The summed E-state index contributed by atoms with van der Waals surface area (Å²) in [5, 5.41) is 25.8. The van der Waals surface area contributed by atoms with Gasteiger partial charge in [-0.25, -0.2) is 0 Å². The predicted octanol–water partition coefficient (Wildman–Crippen LogP) is 4.49. The highest BCUT2D eigenvalue weighted by Gasteiger charge is 1.98. The molecule has 0 amide bonds. The van der Waals surface area contributed by atoms with Crippen LogP contribution in [-0.4, -0.2) is 28.2 Å². The van der Waals surface area contributed by atoms with Crippen molar-refractivity contribution in [1.29, 1.82) is 0 Å². The maximum absolute atomic E-state index is 10.4. The van der Waals surface area contributed by atoms with Crippen LogP contribution in [0.2, 0.25) is 0 Å². The van der Waals surface area contributed by atoms with Gasteiger partial charge in [-0.2, -0.15) is 0 Å². The molecule has 0 aromatic heterocycles. The van der Waals surface area contributed by atoms with Crippen LogP contribution < -0.4 is 0 Å². The second-order valence-electron chi connectivity index (χ2n) is 6.37. The fraction of sp³-hybridized carbons (Fsp3) is 0.833. The van der Waals surface area contributed by atoms with E-state index in [0.717, 1.165) is 25.7 Å². The van der Waals surface area contributed by atoms with Crippen molar-refractivity contribution >= 4 is 13.1 Å². The number of carbonyl (C=O) groups is 1. The van der Waals surface area contributed by atoms with E-state index in [1.54, 1.807) is 0 Å². The third-order valence-electron chi connectivity index (χ3n) is 4.07. The van der Waals surface area contributed by atoms with E-state index in [1.165, 1.54) is 70.2 Å². The van der Waals surface area contributed by atoms with Crippen molar-refractivity contribution in [3.05, 3.63) is 12.1 Å². The van der Waals surface area contributed by atoms with E-state index in [1.807, 2.05) is 6.08 Å². The summed E-state index contributed by atoms with van der Waals surface area (Å²) in [7, 11) is -1.31. The van der Waals surface area contributed by atoms with Crippen molar-refractivity contribution in [2.45, 2.75) is 96.3 Å². The highest BCUT2D eigenvalue weighted by Crippen LogP contribution is 2.13. The fourth-order valence-corrected chi connectivity index (χ4v) is 2.70. The molecule has 0 radical (unpaired) electrons. The molecule has 3 N–H and O–H groups in total. The molecule has 0 unspecified atom stereocenters. The van der Waals surface area contributed by atoms with Crippen molar-refractivity contribution in [2.75, 3.05) is 0 Å². The zero-order chi connectivity index (χ0) is 17.2. The molecule has 0 aromatic carbocycles. The topological polar surface area (TPSA) is 77.8 Å². The number of hydrogen-bond acceptors (Lipinski definition) is 3. The predicted molar refractivity (Wildman–Crippen MR) is 96.2 cm³/mol. The Morgan fingerprint density at radius 3 is 1.48 bits per heavy atom. The molecule has 0 aliphatic heterocycles. The van der Waals surface area contributed by atoms with Gasteiger partial charge in [-0.3, -0.25) is 4.79 Å². The van der Waals surface area contributed by atoms with Gasteiger partial charge in [0.05, 0.1) is 0 Å². The molecule has 5 heteroatoms. The van der Waals surface area contributed by atoms with Crippen LogP contribution in [0.5, 0.6) is 0 Å². The zero-order valence-corrected chi connectivity index (χ0v) is 14.6. The number of carboxylic acids is 1. The second-order valence-corrected chi connectivity index (χ2v) is 6.37. The molecular formula is C18H35BO4. The van der Waals surface area contributed by atoms with Gasteiger partial charge >= 0.3 is 13.1 Å². The van der Waals surface area contributed by atoms with E-state index in [2.05, 4.69) is 0 Å². The summed E-state index contributed by atoms with van der Waals surface area (Å²) in [4.78, 5) is 10.4. The number of allylic oxidation sites excluding steroid dienone is 1. The van der Waals surface area contributed by atoms with Gasteiger partial charge in [0.1, 0.15) is 0 Å². The minimum Gasteiger partial charge on any atom is -0.481 e. The van der Waals surface area contributed by atoms with E-state index < -0.39 is 13.1 Å². The normalized spacial score (nSPS) is 11.2. The Hall–Kier alpha value is -0.805. The molecule has 0 atom stereocenters. The average Bonchev–Trinajstić information content (AvgIpc) is 2.49. The third kappa shape index (κ3) is 21.2. The molecule has 4 nitrogen and oxygen atoms in total. The van der Waals surface area contributed by atoms with E-state index in [4.69, 9.17) is 15.2 Å². The number of rotatable bonds is 17. The van der Waals surface area contributed by atoms with Gasteiger partial charge in [0.2, 0.25) is 0 Å². The van der Waals surface area contributed by atoms with Crippen molar-refractivity contribution in [3.63, 3.8) is 0 Å². The first-order valence-electron chi connectivity index (χ1n) is 9.37. The summed E-state index contributed by atoms with van der Waals surface area (Å²) >= 11 is 0. The summed E-state index contributed by atoms with van der Waals surface area (Å²) in [6, 6.07) is 0. The van der Waals surface area contributed by atoms with Crippen LogP contribution in [-0.2, 0) is 4.79 Å². The Morgan fingerprint density at radius 1 is 0.696 bits per heavy atom. The molecule has 134 valence electrons. The van der Waals surface area contributed by atoms with Crippen LogP contribution in [0.4, 0.5) is 0 Å². The Bertz CT molecular complexity index is 293. The molecule has 0 bridgehead atoms. The van der Waals surface area contributed by atoms with Gasteiger partial charge in [-0.05, 0) is 19.3 Å². The maximum Gasteiger partial charge on any atom is 0.480 e. The van der Waals surface area contributed by atoms with E-state index in [0.29, 0.717) is 6.42 Å². The molecule has 23 heavy (non-hydrogen) atoms. The van der Waals surface area contributed by atoms with Gasteiger partial charge in [-0.15, -0.1) is 0 Å². The van der Waals surface area contributed by atoms with Gasteiger partial charge in [-0.1, -0.05) is 82.7 Å². The molecule has 0 saturated carbocycles. The number of carboxylic acid groups (broad SMARTS) is 1. The maximum atomic E-state index is 10.4. The first kappa shape index (κ1) is 22.2. The largest absolute Gasteiger partial charge is 0.481 e. The summed E-state index contributed by atoms with van der Waals surface area (Å²) < 4.78 is 0. The summed E-state index contributed by atoms with van der Waals surface area (Å²) in [5.41, 5.74) is 0. The van der Waals surface area contributed by atoms with Crippen molar-refractivity contribution in [2.24, 2.45) is 0 Å². The molecule has 0 aliphatic carbocycles. The fourth-order valence-electron chi connectivity index (χ4n) is 2.70. The Morgan fingerprint density at radius 2 is 1.09 bits per heavy atom. The van der Waals surface area contributed by atoms with E-state index in [9.17, 15) is 4.79 Å². The lowest BCUT2D eigenvalue weighted by Crippen LogP contribution is -2.05. The monoisotopic (exact) mass is 326 g/mol. The SMILES string of the molecule is O=C(O)CCCCCCCCCCCCCCC/C=C/B(O)O. The van der Waals surface area contributed by atoms with Crippen LogP contribution in [0.25, 0.3) is 0 Å². The van der Waals surface area contributed by atoms with Crippen LogP contribution in [0.3, 0.4) is 0 Å². The number of unbranched alkanes of at least 4 members (excludes halogenated alkanes) is 13. The molecule has 0 saturated heterocycles. The Balaban J connectivity index is 3.04. The molecule has 0 aliphatic rings. The van der Waals surface area contributed by atoms with Crippen molar-refractivity contribution in [3.8, 4) is 0 Å². The van der Waals surface area contributed by atoms with Gasteiger partial charge < -0.3 is 15.2 Å². The molecule has 0 rings (SSSR count). The lowest BCUT2D eigenvalue weighted by molar-refractivity contribution is -0.137. The standard InChI is InChI=1S/C18H35BO4/c20-18(21)16-14-12-10-8-6-4-2-1-3-5-7-9-11-13-15-17-19(22)23/h15,17,22-23H,1-14,16H2,(H,20,21)/b17-15+. The van der Waals surface area contributed by atoms with Crippen LogP contribution in [0.1, 0.15) is 96.3 Å². The smallest absolute Gasteiger partial charge is 0.480 e. The van der Waals surface area contributed by atoms with E-state index >= 15 is 0 Å². The quantitative estimate of drug-likeness (QED) is 0.272. The van der Waals surface area contributed by atoms with Gasteiger partial charge in [0.15, 0.2) is 0 Å². The number of aliphatic carboxylic acids is 1. The van der Waals surface area contributed by atoms with E-state index in [-0.39, 0.29) is 0 Å². The first-order valence-corrected chi connectivity index (χ1v) is 9.37. The third-order valence-corrected chi connectivity index (χ3v) is 4.07. The van der Waals surface area contributed by atoms with Crippen molar-refractivity contribution < 1.29 is 19.9 Å². The van der Waals surface area contributed by atoms with Gasteiger partial charge in [0, 0.05) is 6.42 Å². The molecule has 0 aromatic rings. The molecular weight excluding hydrogens is 291 g/mol. The highest BCUT2D eigenvalue weighted by atomic mass is 16.4. The van der Waals surface area contributed by atoms with Crippen LogP contribution in [0.15, 0.2) is 12.1 Å². The van der Waals surface area contributed by atoms with Crippen molar-refractivity contribution in [1.82, 2.24) is 0 Å². The average molecular weight is 326 g/mol. The minimum atomic E-state index is -1.31. The van der Waals surface area contributed by atoms with Crippen LogP contribution >= 0.6 is 0 Å². The summed E-state index contributed by atoms with van der Waals surface area (Å²) in [5.74, 6) is 0.747. The first-order chi connectivity index (χ1) is 11.1. The lowest BCUT2D eigenvalue weighted by Gasteiger charge is -2.03. The lowest BCUT2D eigenvalue weighted by atomic mass is 9.91. The molecule has 0 heterocycles. The second kappa shape index (κ2) is 17.5. The summed E-state index contributed by atoms with van der Waals surface area (Å²) in [6.07, 6.45) is 18.9. The Labute approximate surface area is 142 Å². The Kier molecular flexibility index (Phi) is 16.9. The minimum absolute atomic E-state index is 0.319. The van der Waals surface area contributed by atoms with Crippen LogP contribution in [0, 0.1) is 0 Å². The van der Waals surface area contributed by atoms with Gasteiger partial charge in [0.25, 0.3) is 0 Å². The number of hydrogen-bond donors (Lipinski definition) is 3. The summed E-state index contributed by atoms with van der Waals surface area (Å²) in [6.45, 7) is 0. The highest BCUT2D eigenvalue weighted by molar-refractivity contribution is 6.47. The molecule has 0 fully saturated rings.